The number of rotatable bonds is 2. The molecule has 24 heavy (non-hydrogen) atoms. The van der Waals surface area contributed by atoms with Gasteiger partial charge in [-0.25, -0.2) is 0 Å². The van der Waals surface area contributed by atoms with E-state index in [1.54, 1.807) is 6.07 Å². The lowest BCUT2D eigenvalue weighted by Crippen LogP contribution is -2.57. The molecule has 0 saturated heterocycles. The summed E-state index contributed by atoms with van der Waals surface area (Å²) in [4.78, 5) is 12.6. The minimum atomic E-state index is -1.37. The Hall–Kier alpha value is -2.13. The van der Waals surface area contributed by atoms with E-state index in [1.165, 1.54) is 13.2 Å². The zero-order valence-electron chi connectivity index (χ0n) is 12.9. The van der Waals surface area contributed by atoms with Gasteiger partial charge in [-0.05, 0) is 23.3 Å². The van der Waals surface area contributed by atoms with Gasteiger partial charge in [0.15, 0.2) is 11.5 Å². The molecule has 3 aliphatic rings. The number of carbonyl (C=O) groups is 1. The zero-order valence-corrected chi connectivity index (χ0v) is 12.9. The minimum absolute atomic E-state index is 0.0446. The second-order valence-electron chi connectivity index (χ2n) is 5.99. The number of hydrogen-bond donors (Lipinski definition) is 4. The molecule has 128 valence electrons. The number of hydrogen-bond acceptors (Lipinski definition) is 7. The minimum Gasteiger partial charge on any atom is -0.454 e. The van der Waals surface area contributed by atoms with E-state index in [-0.39, 0.29) is 13.4 Å². The van der Waals surface area contributed by atoms with Gasteiger partial charge in [0, 0.05) is 12.7 Å². The zero-order chi connectivity index (χ0) is 17.0. The van der Waals surface area contributed by atoms with Gasteiger partial charge in [0.2, 0.25) is 6.79 Å². The Balaban J connectivity index is 1.95. The van der Waals surface area contributed by atoms with Crippen molar-refractivity contribution in [1.29, 1.82) is 0 Å². The first-order valence-corrected chi connectivity index (χ1v) is 7.54. The fourth-order valence-corrected chi connectivity index (χ4v) is 3.48. The molecule has 0 spiro atoms. The van der Waals surface area contributed by atoms with Crippen molar-refractivity contribution in [3.8, 4) is 11.5 Å². The van der Waals surface area contributed by atoms with Crippen LogP contribution >= 0.6 is 0 Å². The normalized spacial score (nSPS) is 30.3. The van der Waals surface area contributed by atoms with Crippen LogP contribution in [0, 0.1) is 0 Å². The average Bonchev–Trinajstić information content (AvgIpc) is 3.02. The molecule has 4 rings (SSSR count). The molecule has 1 aliphatic carbocycles. The maximum absolute atomic E-state index is 12.6. The third-order valence-electron chi connectivity index (χ3n) is 4.60. The highest BCUT2D eigenvalue weighted by molar-refractivity contribution is 6.06. The van der Waals surface area contributed by atoms with E-state index in [2.05, 4.69) is 5.32 Å². The van der Waals surface area contributed by atoms with Crippen molar-refractivity contribution in [2.45, 2.75) is 31.0 Å². The molecule has 8 nitrogen and oxygen atoms in total. The second-order valence-corrected chi connectivity index (χ2v) is 5.99. The first-order valence-electron chi connectivity index (χ1n) is 7.54. The van der Waals surface area contributed by atoms with Crippen molar-refractivity contribution in [2.24, 2.45) is 0 Å². The molecule has 0 bridgehead atoms. The number of benzene rings is 1. The highest BCUT2D eigenvalue weighted by Crippen LogP contribution is 2.45. The van der Waals surface area contributed by atoms with Gasteiger partial charge in [0.25, 0.3) is 5.91 Å². The largest absolute Gasteiger partial charge is 0.454 e. The maximum atomic E-state index is 12.6. The molecule has 1 aromatic carbocycles. The van der Waals surface area contributed by atoms with E-state index in [0.717, 1.165) is 0 Å². The molecule has 4 N–H and O–H groups in total. The summed E-state index contributed by atoms with van der Waals surface area (Å²) in [5, 5.41) is 32.7. The summed E-state index contributed by atoms with van der Waals surface area (Å²) >= 11 is 0. The van der Waals surface area contributed by atoms with Crippen molar-refractivity contribution in [2.75, 3.05) is 13.9 Å². The van der Waals surface area contributed by atoms with E-state index >= 15 is 0 Å². The Morgan fingerprint density at radius 1 is 1.29 bits per heavy atom. The monoisotopic (exact) mass is 335 g/mol. The highest BCUT2D eigenvalue weighted by atomic mass is 16.7. The molecule has 0 saturated carbocycles. The Morgan fingerprint density at radius 3 is 2.83 bits per heavy atom. The van der Waals surface area contributed by atoms with Crippen molar-refractivity contribution in [3.05, 3.63) is 28.8 Å². The van der Waals surface area contributed by atoms with E-state index in [1.807, 2.05) is 0 Å². The van der Waals surface area contributed by atoms with Crippen LogP contribution in [0.25, 0.3) is 5.57 Å². The number of aliphatic hydroxyl groups is 3. The van der Waals surface area contributed by atoms with Crippen LogP contribution in [0.5, 0.6) is 11.5 Å². The summed E-state index contributed by atoms with van der Waals surface area (Å²) < 4.78 is 16.1. The van der Waals surface area contributed by atoms with Gasteiger partial charge >= 0.3 is 0 Å². The smallest absolute Gasteiger partial charge is 0.252 e. The lowest BCUT2D eigenvalue weighted by atomic mass is 9.78. The summed E-state index contributed by atoms with van der Waals surface area (Å²) in [6.45, 7) is 0.191. The van der Waals surface area contributed by atoms with Crippen LogP contribution in [0.4, 0.5) is 0 Å². The Labute approximate surface area is 137 Å². The molecule has 1 amide bonds. The molecule has 0 radical (unpaired) electrons. The second kappa shape index (κ2) is 5.45. The molecule has 0 aromatic heterocycles. The molecular weight excluding hydrogens is 318 g/mol. The van der Waals surface area contributed by atoms with Crippen LogP contribution in [0.3, 0.4) is 0 Å². The molecule has 2 aliphatic heterocycles. The van der Waals surface area contributed by atoms with Gasteiger partial charge in [-0.3, -0.25) is 4.79 Å². The molecule has 2 heterocycles. The maximum Gasteiger partial charge on any atom is 0.252 e. The summed E-state index contributed by atoms with van der Waals surface area (Å²) in [6.07, 6.45) is -2.47. The van der Waals surface area contributed by atoms with E-state index in [4.69, 9.17) is 14.2 Å². The molecule has 4 atom stereocenters. The molecular formula is C16H17NO7. The van der Waals surface area contributed by atoms with Gasteiger partial charge in [-0.15, -0.1) is 0 Å². The summed E-state index contributed by atoms with van der Waals surface area (Å²) in [5.74, 6) is 0.534. The quantitative estimate of drug-likeness (QED) is 0.556. The van der Waals surface area contributed by atoms with Crippen LogP contribution in [0.1, 0.15) is 21.5 Å². The fraction of sp³-hybridized carbons (Fsp3) is 0.438. The lowest BCUT2D eigenvalue weighted by molar-refractivity contribution is -0.0535. The molecule has 8 heteroatoms. The van der Waals surface area contributed by atoms with Crippen molar-refractivity contribution >= 4 is 11.5 Å². The van der Waals surface area contributed by atoms with Crippen molar-refractivity contribution in [1.82, 2.24) is 5.32 Å². The predicted molar refractivity (Wildman–Crippen MR) is 80.5 cm³/mol. The third kappa shape index (κ3) is 2.04. The molecule has 0 unspecified atom stereocenters. The van der Waals surface area contributed by atoms with Crippen molar-refractivity contribution in [3.63, 3.8) is 0 Å². The first-order chi connectivity index (χ1) is 11.5. The van der Waals surface area contributed by atoms with E-state index < -0.39 is 30.3 Å². The number of aliphatic hydroxyl groups excluding tert-OH is 3. The molecule has 0 fully saturated rings. The third-order valence-corrected chi connectivity index (χ3v) is 4.60. The van der Waals surface area contributed by atoms with Gasteiger partial charge in [-0.2, -0.15) is 0 Å². The van der Waals surface area contributed by atoms with Crippen LogP contribution in [-0.4, -0.2) is 59.5 Å². The van der Waals surface area contributed by atoms with Crippen molar-refractivity contribution < 1.29 is 34.3 Å². The Bertz CT molecular complexity index is 744. The number of carbonyl (C=O) groups excluding carboxylic acids is 1. The number of amides is 1. The number of fused-ring (bicyclic) bond motifs is 4. The fourth-order valence-electron chi connectivity index (χ4n) is 3.48. The van der Waals surface area contributed by atoms with Crippen LogP contribution in [0.2, 0.25) is 0 Å². The first kappa shape index (κ1) is 15.4. The van der Waals surface area contributed by atoms with Crippen LogP contribution in [-0.2, 0) is 11.3 Å². The topological polar surface area (TPSA) is 117 Å². The van der Waals surface area contributed by atoms with E-state index in [9.17, 15) is 20.1 Å². The average molecular weight is 335 g/mol. The van der Waals surface area contributed by atoms with Gasteiger partial charge < -0.3 is 34.8 Å². The van der Waals surface area contributed by atoms with Gasteiger partial charge in [-0.1, -0.05) is 0 Å². The number of methoxy groups -OCH3 is 1. The number of nitrogens with one attached hydrogen (secondary N) is 1. The predicted octanol–water partition coefficient (Wildman–Crippen LogP) is -0.847. The SMILES string of the molecule is COCc1c2c(cc3c1C(=O)N[C@@H]1C3=C[C@H](O)[C@@H](O)[C@H]1O)OCO2. The standard InChI is InChI=1S/C16H17NO7/c1-22-4-8-11-6(3-10-15(8)24-5-23-10)7-2-9(18)13(19)14(20)12(7)17-16(11)21/h2-3,9,12-14,18-20H,4-5H2,1H3,(H,17,21)/t9-,12+,13+,14-/m0/s1. The lowest BCUT2D eigenvalue weighted by Gasteiger charge is -2.39. The van der Waals surface area contributed by atoms with Gasteiger partial charge in [0.1, 0.15) is 18.3 Å². The number of ether oxygens (including phenoxy) is 3. The van der Waals surface area contributed by atoms with Crippen LogP contribution < -0.4 is 14.8 Å². The van der Waals surface area contributed by atoms with Crippen LogP contribution in [0.15, 0.2) is 12.1 Å². The Kier molecular flexibility index (Phi) is 3.50. The van der Waals surface area contributed by atoms with Gasteiger partial charge in [0.05, 0.1) is 18.2 Å². The summed E-state index contributed by atoms with van der Waals surface area (Å²) in [7, 11) is 1.51. The van der Waals surface area contributed by atoms with E-state index in [0.29, 0.717) is 33.8 Å². The summed E-state index contributed by atoms with van der Waals surface area (Å²) in [6, 6.07) is 0.852. The summed E-state index contributed by atoms with van der Waals surface area (Å²) in [5.41, 5.74) is 1.98. The Morgan fingerprint density at radius 2 is 2.08 bits per heavy atom. The molecule has 1 aromatic rings. The highest BCUT2D eigenvalue weighted by Gasteiger charge is 2.44.